The number of ether oxygens (including phenoxy) is 3. The summed E-state index contributed by atoms with van der Waals surface area (Å²) in [4.78, 5) is 36.1. The highest BCUT2D eigenvalue weighted by Gasteiger charge is 2.35. The molecular weight excluding hydrogens is 390 g/mol. The van der Waals surface area contributed by atoms with Gasteiger partial charge in [0.25, 0.3) is 11.8 Å². The second kappa shape index (κ2) is 11.0. The van der Waals surface area contributed by atoms with Crippen molar-refractivity contribution in [1.82, 2.24) is 10.6 Å². The third-order valence-electron chi connectivity index (χ3n) is 4.61. The van der Waals surface area contributed by atoms with E-state index in [0.717, 1.165) is 12.8 Å². The smallest absolute Gasteiger partial charge is 0.325 e. The second-order valence-electron chi connectivity index (χ2n) is 6.82. The molecule has 0 bridgehead atoms. The molecule has 2 amide bonds. The standard InChI is InChI=1S/C21H27N3O6/c1-3-28-16-8-7-15(11-17(16)29-4-2)20(27)23-12-19(26)30-13-18(25)24-21(14-22)9-5-6-10-21/h7-8,11H,3-6,9-10,12-13H2,1-2H3,(H,23,27)(H,24,25). The minimum absolute atomic E-state index is 0.296. The molecule has 30 heavy (non-hydrogen) atoms. The Morgan fingerprint density at radius 1 is 1.10 bits per heavy atom. The molecule has 0 atom stereocenters. The molecule has 0 unspecified atom stereocenters. The van der Waals surface area contributed by atoms with E-state index in [9.17, 15) is 19.6 Å². The molecular formula is C21H27N3O6. The molecule has 0 aromatic heterocycles. The van der Waals surface area contributed by atoms with Crippen LogP contribution in [0.5, 0.6) is 11.5 Å². The van der Waals surface area contributed by atoms with Gasteiger partial charge in [0.05, 0.1) is 19.3 Å². The zero-order valence-corrected chi connectivity index (χ0v) is 17.3. The fourth-order valence-corrected chi connectivity index (χ4v) is 3.19. The van der Waals surface area contributed by atoms with Gasteiger partial charge < -0.3 is 24.8 Å². The maximum atomic E-state index is 12.3. The van der Waals surface area contributed by atoms with Gasteiger partial charge in [0, 0.05) is 5.56 Å². The highest BCUT2D eigenvalue weighted by molar-refractivity contribution is 5.96. The molecule has 1 saturated carbocycles. The molecule has 0 saturated heterocycles. The fraction of sp³-hybridized carbons (Fsp3) is 0.524. The van der Waals surface area contributed by atoms with E-state index in [1.165, 1.54) is 6.07 Å². The van der Waals surface area contributed by atoms with Gasteiger partial charge in [-0.05, 0) is 57.7 Å². The van der Waals surface area contributed by atoms with Crippen LogP contribution in [0.2, 0.25) is 0 Å². The van der Waals surface area contributed by atoms with Crippen molar-refractivity contribution >= 4 is 17.8 Å². The Labute approximate surface area is 175 Å². The Hall–Kier alpha value is -3.28. The van der Waals surface area contributed by atoms with Crippen LogP contribution in [0.3, 0.4) is 0 Å². The summed E-state index contributed by atoms with van der Waals surface area (Å²) in [6, 6.07) is 6.85. The third kappa shape index (κ3) is 6.37. The molecule has 0 aliphatic heterocycles. The summed E-state index contributed by atoms with van der Waals surface area (Å²) in [5.41, 5.74) is -0.575. The van der Waals surface area contributed by atoms with Crippen LogP contribution in [0.25, 0.3) is 0 Å². The molecule has 0 radical (unpaired) electrons. The molecule has 1 aromatic rings. The van der Waals surface area contributed by atoms with Crippen LogP contribution in [0.4, 0.5) is 0 Å². The number of nitriles is 1. The molecule has 1 aliphatic carbocycles. The highest BCUT2D eigenvalue weighted by Crippen LogP contribution is 2.29. The first-order chi connectivity index (χ1) is 14.4. The van der Waals surface area contributed by atoms with Crippen molar-refractivity contribution in [2.45, 2.75) is 45.1 Å². The lowest BCUT2D eigenvalue weighted by Crippen LogP contribution is -2.47. The van der Waals surface area contributed by atoms with Crippen LogP contribution in [0.15, 0.2) is 18.2 Å². The molecule has 9 nitrogen and oxygen atoms in total. The van der Waals surface area contributed by atoms with Crippen molar-refractivity contribution in [2.75, 3.05) is 26.4 Å². The SMILES string of the molecule is CCOc1ccc(C(=O)NCC(=O)OCC(=O)NC2(C#N)CCCC2)cc1OCC. The van der Waals surface area contributed by atoms with Gasteiger partial charge in [-0.2, -0.15) is 5.26 Å². The summed E-state index contributed by atoms with van der Waals surface area (Å²) in [6.45, 7) is 3.63. The largest absolute Gasteiger partial charge is 0.490 e. The van der Waals surface area contributed by atoms with Crippen LogP contribution < -0.4 is 20.1 Å². The lowest BCUT2D eigenvalue weighted by molar-refractivity contribution is -0.147. The van der Waals surface area contributed by atoms with Gasteiger partial charge >= 0.3 is 5.97 Å². The van der Waals surface area contributed by atoms with Crippen LogP contribution in [-0.2, 0) is 14.3 Å². The van der Waals surface area contributed by atoms with E-state index in [4.69, 9.17) is 14.2 Å². The maximum absolute atomic E-state index is 12.3. The van der Waals surface area contributed by atoms with Gasteiger partial charge in [0.2, 0.25) is 0 Å². The first kappa shape index (κ1) is 23.0. The summed E-state index contributed by atoms with van der Waals surface area (Å²) < 4.78 is 15.8. The summed E-state index contributed by atoms with van der Waals surface area (Å²) >= 11 is 0. The van der Waals surface area contributed by atoms with Gasteiger partial charge in [-0.25, -0.2) is 0 Å². The predicted molar refractivity (Wildman–Crippen MR) is 107 cm³/mol. The highest BCUT2D eigenvalue weighted by atomic mass is 16.5. The number of amides is 2. The topological polar surface area (TPSA) is 127 Å². The van der Waals surface area contributed by atoms with Gasteiger partial charge in [-0.1, -0.05) is 0 Å². The Kier molecular flexibility index (Phi) is 8.47. The lowest BCUT2D eigenvalue weighted by Gasteiger charge is -2.21. The molecule has 9 heteroatoms. The number of hydrogen-bond donors (Lipinski definition) is 2. The Morgan fingerprint density at radius 2 is 1.77 bits per heavy atom. The number of benzene rings is 1. The maximum Gasteiger partial charge on any atom is 0.325 e. The van der Waals surface area contributed by atoms with Crippen LogP contribution >= 0.6 is 0 Å². The van der Waals surface area contributed by atoms with E-state index in [-0.39, 0.29) is 0 Å². The molecule has 1 aromatic carbocycles. The number of carbonyl (C=O) groups is 3. The van der Waals surface area contributed by atoms with E-state index in [1.54, 1.807) is 12.1 Å². The second-order valence-corrected chi connectivity index (χ2v) is 6.82. The molecule has 162 valence electrons. The number of nitrogens with one attached hydrogen (secondary N) is 2. The Morgan fingerprint density at radius 3 is 2.40 bits per heavy atom. The summed E-state index contributed by atoms with van der Waals surface area (Å²) in [6.07, 6.45) is 2.92. The molecule has 0 spiro atoms. The van der Waals surface area contributed by atoms with Crippen molar-refractivity contribution in [3.05, 3.63) is 23.8 Å². The molecule has 1 aliphatic rings. The Balaban J connectivity index is 1.81. The van der Waals surface area contributed by atoms with E-state index >= 15 is 0 Å². The molecule has 2 rings (SSSR count). The monoisotopic (exact) mass is 417 g/mol. The van der Waals surface area contributed by atoms with Crippen LogP contribution in [0, 0.1) is 11.3 Å². The van der Waals surface area contributed by atoms with Crippen LogP contribution in [-0.4, -0.2) is 49.7 Å². The fourth-order valence-electron chi connectivity index (χ4n) is 3.19. The third-order valence-corrected chi connectivity index (χ3v) is 4.61. The normalized spacial score (nSPS) is 14.3. The van der Waals surface area contributed by atoms with Gasteiger partial charge in [-0.15, -0.1) is 0 Å². The molecule has 1 fully saturated rings. The number of rotatable bonds is 10. The lowest BCUT2D eigenvalue weighted by atomic mass is 10.00. The number of hydrogen-bond acceptors (Lipinski definition) is 7. The first-order valence-corrected chi connectivity index (χ1v) is 9.98. The van der Waals surface area contributed by atoms with Crippen molar-refractivity contribution < 1.29 is 28.6 Å². The predicted octanol–water partition coefficient (Wildman–Crippen LogP) is 1.71. The van der Waals surface area contributed by atoms with Gasteiger partial charge in [0.1, 0.15) is 12.1 Å². The van der Waals surface area contributed by atoms with Crippen LogP contribution in [0.1, 0.15) is 49.9 Å². The average molecular weight is 417 g/mol. The zero-order valence-electron chi connectivity index (χ0n) is 17.3. The Bertz CT molecular complexity index is 811. The summed E-state index contributed by atoms with van der Waals surface area (Å²) in [5.74, 6) is -0.823. The van der Waals surface area contributed by atoms with E-state index in [0.29, 0.717) is 43.1 Å². The van der Waals surface area contributed by atoms with Crippen molar-refractivity contribution in [3.8, 4) is 17.6 Å². The number of esters is 1. The van der Waals surface area contributed by atoms with Crippen molar-refractivity contribution in [2.24, 2.45) is 0 Å². The van der Waals surface area contributed by atoms with Crippen molar-refractivity contribution in [1.29, 1.82) is 5.26 Å². The molecule has 0 heterocycles. The average Bonchev–Trinajstić information content (AvgIpc) is 3.21. The minimum Gasteiger partial charge on any atom is -0.490 e. The summed E-state index contributed by atoms with van der Waals surface area (Å²) in [5, 5.41) is 14.3. The van der Waals surface area contributed by atoms with E-state index in [1.807, 2.05) is 13.8 Å². The van der Waals surface area contributed by atoms with Crippen molar-refractivity contribution in [3.63, 3.8) is 0 Å². The van der Waals surface area contributed by atoms with Gasteiger partial charge in [0.15, 0.2) is 18.1 Å². The van der Waals surface area contributed by atoms with E-state index in [2.05, 4.69) is 16.7 Å². The number of nitrogens with zero attached hydrogens (tertiary/aromatic N) is 1. The minimum atomic E-state index is -0.871. The quantitative estimate of drug-likeness (QED) is 0.555. The first-order valence-electron chi connectivity index (χ1n) is 9.98. The van der Waals surface area contributed by atoms with Gasteiger partial charge in [-0.3, -0.25) is 14.4 Å². The van der Waals surface area contributed by atoms with E-state index < -0.39 is 36.5 Å². The number of carbonyl (C=O) groups excluding carboxylic acids is 3. The molecule has 2 N–H and O–H groups in total. The summed E-state index contributed by atoms with van der Waals surface area (Å²) in [7, 11) is 0. The zero-order chi connectivity index (χ0) is 22.0.